The largest absolute Gasteiger partial charge is 0.417 e. The van der Waals surface area contributed by atoms with Gasteiger partial charge in [0.1, 0.15) is 6.10 Å². The highest BCUT2D eigenvalue weighted by molar-refractivity contribution is 5.73. The number of aromatic amines is 1. The van der Waals surface area contributed by atoms with E-state index >= 15 is 0 Å². The Morgan fingerprint density at radius 2 is 1.75 bits per heavy atom. The van der Waals surface area contributed by atoms with Gasteiger partial charge in [-0.25, -0.2) is 4.79 Å². The summed E-state index contributed by atoms with van der Waals surface area (Å²) in [6.45, 7) is 4.05. The molecule has 1 unspecified atom stereocenters. The number of hydrogen-bond donors (Lipinski definition) is 2. The van der Waals surface area contributed by atoms with Crippen molar-refractivity contribution in [1.82, 2.24) is 4.98 Å². The molecular formula is C16H15NO3. The number of aliphatic hydroxyl groups is 1. The zero-order chi connectivity index (χ0) is 14.3. The van der Waals surface area contributed by atoms with Gasteiger partial charge < -0.3 is 9.52 Å². The maximum absolute atomic E-state index is 11.1. The molecule has 2 N–H and O–H groups in total. The van der Waals surface area contributed by atoms with Crippen molar-refractivity contribution < 1.29 is 9.52 Å². The predicted molar refractivity (Wildman–Crippen MR) is 76.8 cm³/mol. The normalized spacial score (nSPS) is 12.8. The lowest BCUT2D eigenvalue weighted by atomic mass is 9.98. The maximum Gasteiger partial charge on any atom is 0.417 e. The molecule has 0 spiro atoms. The first-order chi connectivity index (χ1) is 9.54. The van der Waals surface area contributed by atoms with Crippen LogP contribution in [0, 0.1) is 13.8 Å². The molecule has 4 nitrogen and oxygen atoms in total. The molecule has 0 aliphatic carbocycles. The summed E-state index contributed by atoms with van der Waals surface area (Å²) < 4.78 is 5.02. The monoisotopic (exact) mass is 269 g/mol. The van der Waals surface area contributed by atoms with Crippen molar-refractivity contribution in [3.63, 3.8) is 0 Å². The molecule has 1 atom stereocenters. The second-order valence-electron chi connectivity index (χ2n) is 5.02. The minimum atomic E-state index is -0.737. The zero-order valence-electron chi connectivity index (χ0n) is 11.3. The topological polar surface area (TPSA) is 66.2 Å². The zero-order valence-corrected chi connectivity index (χ0v) is 11.3. The van der Waals surface area contributed by atoms with Crippen molar-refractivity contribution in [2.75, 3.05) is 0 Å². The van der Waals surface area contributed by atoms with Crippen LogP contribution in [0.2, 0.25) is 0 Å². The van der Waals surface area contributed by atoms with E-state index in [0.29, 0.717) is 16.7 Å². The average molecular weight is 269 g/mol. The average Bonchev–Trinajstić information content (AvgIpc) is 2.80. The molecule has 0 saturated heterocycles. The number of oxazole rings is 1. The van der Waals surface area contributed by atoms with Crippen molar-refractivity contribution in [2.45, 2.75) is 20.0 Å². The first kappa shape index (κ1) is 12.7. The van der Waals surface area contributed by atoms with Gasteiger partial charge in [0.05, 0.1) is 5.52 Å². The number of hydrogen-bond acceptors (Lipinski definition) is 3. The van der Waals surface area contributed by atoms with Crippen LogP contribution in [0.25, 0.3) is 11.1 Å². The van der Waals surface area contributed by atoms with E-state index in [1.54, 1.807) is 18.2 Å². The Hall–Kier alpha value is -2.33. The van der Waals surface area contributed by atoms with E-state index in [0.717, 1.165) is 11.1 Å². The van der Waals surface area contributed by atoms with Crippen LogP contribution < -0.4 is 5.76 Å². The first-order valence-corrected chi connectivity index (χ1v) is 6.42. The van der Waals surface area contributed by atoms with Crippen LogP contribution in [-0.4, -0.2) is 10.1 Å². The van der Waals surface area contributed by atoms with Gasteiger partial charge in [0, 0.05) is 0 Å². The Morgan fingerprint density at radius 1 is 1.05 bits per heavy atom. The van der Waals surface area contributed by atoms with E-state index in [4.69, 9.17) is 4.42 Å². The highest BCUT2D eigenvalue weighted by Crippen LogP contribution is 2.25. The highest BCUT2D eigenvalue weighted by Gasteiger charge is 2.13. The molecule has 0 saturated carbocycles. The fourth-order valence-corrected chi connectivity index (χ4v) is 2.26. The van der Waals surface area contributed by atoms with Crippen molar-refractivity contribution in [2.24, 2.45) is 0 Å². The molecule has 3 aromatic rings. The van der Waals surface area contributed by atoms with Gasteiger partial charge in [-0.1, -0.05) is 24.3 Å². The SMILES string of the molecule is Cc1ccc(C(O)c2ccc3[nH]c(=O)oc3c2)cc1C. The number of nitrogens with one attached hydrogen (secondary N) is 1. The number of rotatable bonds is 2. The predicted octanol–water partition coefficient (Wildman–Crippen LogP) is 2.82. The molecule has 0 amide bonds. The summed E-state index contributed by atoms with van der Waals surface area (Å²) in [5, 5.41) is 10.4. The van der Waals surface area contributed by atoms with Crippen LogP contribution in [0.1, 0.15) is 28.4 Å². The van der Waals surface area contributed by atoms with E-state index < -0.39 is 11.9 Å². The Labute approximate surface area is 115 Å². The Morgan fingerprint density at radius 3 is 2.50 bits per heavy atom. The summed E-state index contributed by atoms with van der Waals surface area (Å²) in [4.78, 5) is 13.7. The molecule has 0 aliphatic heterocycles. The second-order valence-corrected chi connectivity index (χ2v) is 5.02. The number of aryl methyl sites for hydroxylation is 2. The van der Waals surface area contributed by atoms with Crippen LogP contribution >= 0.6 is 0 Å². The van der Waals surface area contributed by atoms with Crippen molar-refractivity contribution in [1.29, 1.82) is 0 Å². The van der Waals surface area contributed by atoms with Gasteiger partial charge in [0.2, 0.25) is 0 Å². The standard InChI is InChI=1S/C16H15NO3/c1-9-3-4-11(7-10(9)2)15(18)12-5-6-13-14(8-12)20-16(19)17-13/h3-8,15,18H,1-2H3,(H,17,19). The summed E-state index contributed by atoms with van der Waals surface area (Å²) >= 11 is 0. The second kappa shape index (κ2) is 4.65. The molecule has 0 bridgehead atoms. The molecule has 0 radical (unpaired) electrons. The van der Waals surface area contributed by atoms with Gasteiger partial charge in [-0.3, -0.25) is 4.98 Å². The third kappa shape index (κ3) is 2.14. The van der Waals surface area contributed by atoms with Crippen molar-refractivity contribution in [3.8, 4) is 0 Å². The number of aliphatic hydroxyl groups excluding tert-OH is 1. The Kier molecular flexibility index (Phi) is 2.95. The lowest BCUT2D eigenvalue weighted by molar-refractivity contribution is 0.220. The minimum absolute atomic E-state index is 0.454. The molecule has 1 heterocycles. The summed E-state index contributed by atoms with van der Waals surface area (Å²) in [6, 6.07) is 11.1. The molecule has 20 heavy (non-hydrogen) atoms. The third-order valence-corrected chi connectivity index (χ3v) is 3.61. The van der Waals surface area contributed by atoms with Gasteiger partial charge in [-0.15, -0.1) is 0 Å². The Balaban J connectivity index is 2.04. The van der Waals surface area contributed by atoms with Crippen LogP contribution in [0.4, 0.5) is 0 Å². The Bertz CT molecular complexity index is 829. The number of H-pyrrole nitrogens is 1. The van der Waals surface area contributed by atoms with Crippen molar-refractivity contribution in [3.05, 3.63) is 69.2 Å². The summed E-state index contributed by atoms with van der Waals surface area (Å²) in [6.07, 6.45) is -0.737. The molecular weight excluding hydrogens is 254 g/mol. The van der Waals surface area contributed by atoms with Crippen LogP contribution in [0.15, 0.2) is 45.6 Å². The van der Waals surface area contributed by atoms with Gasteiger partial charge in [0.15, 0.2) is 5.58 Å². The molecule has 4 heteroatoms. The van der Waals surface area contributed by atoms with E-state index in [9.17, 15) is 9.90 Å². The molecule has 102 valence electrons. The fourth-order valence-electron chi connectivity index (χ4n) is 2.26. The quantitative estimate of drug-likeness (QED) is 0.751. The molecule has 3 rings (SSSR count). The van der Waals surface area contributed by atoms with Gasteiger partial charge in [-0.05, 0) is 48.2 Å². The third-order valence-electron chi connectivity index (χ3n) is 3.61. The van der Waals surface area contributed by atoms with Gasteiger partial charge in [-0.2, -0.15) is 0 Å². The van der Waals surface area contributed by atoms with E-state index in [-0.39, 0.29) is 0 Å². The van der Waals surface area contributed by atoms with Crippen LogP contribution in [0.3, 0.4) is 0 Å². The van der Waals surface area contributed by atoms with Crippen molar-refractivity contribution >= 4 is 11.1 Å². The number of aromatic nitrogens is 1. The summed E-state index contributed by atoms with van der Waals surface area (Å²) in [5.41, 5.74) is 4.93. The lowest BCUT2D eigenvalue weighted by Gasteiger charge is -2.13. The first-order valence-electron chi connectivity index (χ1n) is 6.42. The minimum Gasteiger partial charge on any atom is -0.408 e. The maximum atomic E-state index is 11.1. The van der Waals surface area contributed by atoms with E-state index in [1.807, 2.05) is 32.0 Å². The molecule has 0 aliphatic rings. The number of fused-ring (bicyclic) bond motifs is 1. The number of benzene rings is 2. The molecule has 2 aromatic carbocycles. The van der Waals surface area contributed by atoms with Crippen LogP contribution in [0.5, 0.6) is 0 Å². The van der Waals surface area contributed by atoms with Gasteiger partial charge >= 0.3 is 5.76 Å². The molecule has 1 aromatic heterocycles. The van der Waals surface area contributed by atoms with E-state index in [2.05, 4.69) is 4.98 Å². The molecule has 0 fully saturated rings. The fraction of sp³-hybridized carbons (Fsp3) is 0.188. The highest BCUT2D eigenvalue weighted by atomic mass is 16.4. The summed E-state index contributed by atoms with van der Waals surface area (Å²) in [7, 11) is 0. The van der Waals surface area contributed by atoms with E-state index in [1.165, 1.54) is 5.56 Å². The summed E-state index contributed by atoms with van der Waals surface area (Å²) in [5.74, 6) is -0.488. The van der Waals surface area contributed by atoms with Gasteiger partial charge in [0.25, 0.3) is 0 Å². The smallest absolute Gasteiger partial charge is 0.408 e. The van der Waals surface area contributed by atoms with Crippen LogP contribution in [-0.2, 0) is 0 Å². The lowest BCUT2D eigenvalue weighted by Crippen LogP contribution is -2.00.